The predicted molar refractivity (Wildman–Crippen MR) is 182 cm³/mol. The van der Waals surface area contributed by atoms with E-state index in [0.29, 0.717) is 12.1 Å². The van der Waals surface area contributed by atoms with Crippen LogP contribution in [0.2, 0.25) is 0 Å². The van der Waals surface area contributed by atoms with Crippen LogP contribution in [0.1, 0.15) is 68.9 Å². The molecule has 4 heteroatoms. The van der Waals surface area contributed by atoms with Gasteiger partial charge in [-0.1, -0.05) is 97.1 Å². The summed E-state index contributed by atoms with van der Waals surface area (Å²) in [5, 5.41) is 7.19. The Morgan fingerprint density at radius 3 is 1.12 bits per heavy atom. The van der Waals surface area contributed by atoms with Crippen molar-refractivity contribution in [2.45, 2.75) is 69.9 Å². The minimum atomic E-state index is 0.390. The fraction of sp³-hybridized carbons (Fsp3) is 0.333. The van der Waals surface area contributed by atoms with Crippen molar-refractivity contribution in [1.82, 2.24) is 0 Å². The highest BCUT2D eigenvalue weighted by Crippen LogP contribution is 2.37. The monoisotopic (exact) mass is 568 g/mol. The number of para-hydroxylation sites is 2. The van der Waals surface area contributed by atoms with Crippen molar-refractivity contribution in [3.05, 3.63) is 132 Å². The number of nitrogens with zero attached hydrogens (tertiary/aromatic N) is 2. The van der Waals surface area contributed by atoms with Gasteiger partial charge in [0.15, 0.2) is 0 Å². The first-order valence-corrected chi connectivity index (χ1v) is 16.2. The molecule has 0 saturated heterocycles. The van der Waals surface area contributed by atoms with Gasteiger partial charge < -0.3 is 10.6 Å². The van der Waals surface area contributed by atoms with E-state index in [1.54, 1.807) is 0 Å². The minimum Gasteiger partial charge on any atom is -0.340 e. The van der Waals surface area contributed by atoms with Crippen LogP contribution in [0.15, 0.2) is 131 Å². The summed E-state index contributed by atoms with van der Waals surface area (Å²) in [6, 6.07) is 42.7. The van der Waals surface area contributed by atoms with Gasteiger partial charge in [-0.25, -0.2) is 0 Å². The smallest absolute Gasteiger partial charge is 0.133 e. The lowest BCUT2D eigenvalue weighted by molar-refractivity contribution is 0.226. The molecule has 0 heterocycles. The Morgan fingerprint density at radius 1 is 0.442 bits per heavy atom. The lowest BCUT2D eigenvalue weighted by Crippen LogP contribution is -2.26. The van der Waals surface area contributed by atoms with E-state index >= 15 is 0 Å². The highest BCUT2D eigenvalue weighted by Gasteiger charge is 2.27. The molecule has 0 spiro atoms. The van der Waals surface area contributed by atoms with Crippen LogP contribution in [-0.4, -0.2) is 23.8 Å². The first kappa shape index (κ1) is 28.9. The van der Waals surface area contributed by atoms with Gasteiger partial charge in [0.2, 0.25) is 0 Å². The molecule has 0 radical (unpaired) electrons. The summed E-state index contributed by atoms with van der Waals surface area (Å²) >= 11 is 0. The van der Waals surface area contributed by atoms with Crippen molar-refractivity contribution in [2.75, 3.05) is 10.6 Å². The molecule has 6 rings (SSSR count). The van der Waals surface area contributed by atoms with Crippen LogP contribution in [0, 0.1) is 11.8 Å². The first-order valence-electron chi connectivity index (χ1n) is 16.2. The zero-order chi connectivity index (χ0) is 29.1. The van der Waals surface area contributed by atoms with Crippen molar-refractivity contribution in [2.24, 2.45) is 21.8 Å². The number of hydrogen-bond donors (Lipinski definition) is 2. The van der Waals surface area contributed by atoms with Crippen LogP contribution in [-0.2, 0) is 0 Å². The van der Waals surface area contributed by atoms with Crippen LogP contribution in [0.5, 0.6) is 0 Å². The number of amidine groups is 2. The molecule has 0 atom stereocenters. The third-order valence-electron chi connectivity index (χ3n) is 9.09. The second-order valence-electron chi connectivity index (χ2n) is 12.3. The zero-order valence-electron chi connectivity index (χ0n) is 25.1. The summed E-state index contributed by atoms with van der Waals surface area (Å²) in [6.45, 7) is 0. The maximum absolute atomic E-state index is 5.26. The summed E-state index contributed by atoms with van der Waals surface area (Å²) in [4.78, 5) is 10.5. The van der Waals surface area contributed by atoms with E-state index < -0.39 is 0 Å². The number of anilines is 2. The maximum Gasteiger partial charge on any atom is 0.133 e. The zero-order valence-corrected chi connectivity index (χ0v) is 25.1. The van der Waals surface area contributed by atoms with Gasteiger partial charge in [-0.3, -0.25) is 9.98 Å². The van der Waals surface area contributed by atoms with Gasteiger partial charge in [0.1, 0.15) is 11.7 Å². The number of benzene rings is 4. The molecule has 0 aliphatic heterocycles. The number of rotatable bonds is 8. The molecule has 0 unspecified atom stereocenters. The quantitative estimate of drug-likeness (QED) is 0.164. The Bertz CT molecular complexity index is 1320. The lowest BCUT2D eigenvalue weighted by atomic mass is 9.76. The Morgan fingerprint density at radius 2 is 0.767 bits per heavy atom. The van der Waals surface area contributed by atoms with Crippen molar-refractivity contribution in [1.29, 1.82) is 0 Å². The van der Waals surface area contributed by atoms with Crippen molar-refractivity contribution >= 4 is 23.0 Å². The van der Waals surface area contributed by atoms with Crippen LogP contribution < -0.4 is 10.6 Å². The van der Waals surface area contributed by atoms with Gasteiger partial charge >= 0.3 is 0 Å². The molecule has 220 valence electrons. The van der Waals surface area contributed by atoms with Crippen molar-refractivity contribution < 1.29 is 0 Å². The molecule has 0 bridgehead atoms. The third kappa shape index (κ3) is 8.44. The molecule has 43 heavy (non-hydrogen) atoms. The highest BCUT2D eigenvalue weighted by molar-refractivity contribution is 6.09. The molecule has 4 aromatic carbocycles. The van der Waals surface area contributed by atoms with Gasteiger partial charge in [-0.2, -0.15) is 0 Å². The second-order valence-corrected chi connectivity index (χ2v) is 12.3. The largest absolute Gasteiger partial charge is 0.340 e. The van der Waals surface area contributed by atoms with Gasteiger partial charge in [0, 0.05) is 22.5 Å². The van der Waals surface area contributed by atoms with E-state index in [1.807, 2.05) is 0 Å². The Kier molecular flexibility index (Phi) is 9.97. The van der Waals surface area contributed by atoms with E-state index in [4.69, 9.17) is 9.98 Å². The Labute approximate surface area is 257 Å². The summed E-state index contributed by atoms with van der Waals surface area (Å²) in [5.41, 5.74) is 4.49. The highest BCUT2D eigenvalue weighted by atomic mass is 15.0. The van der Waals surface area contributed by atoms with Gasteiger partial charge in [-0.15, -0.1) is 0 Å². The average Bonchev–Trinajstić information content (AvgIpc) is 3.08. The van der Waals surface area contributed by atoms with Crippen LogP contribution in [0.4, 0.5) is 11.4 Å². The van der Waals surface area contributed by atoms with E-state index in [1.165, 1.54) is 57.8 Å². The van der Waals surface area contributed by atoms with E-state index in [-0.39, 0.29) is 0 Å². The molecule has 0 amide bonds. The standard InChI is InChI=1S/C39H44N4/c1-5-13-32(14-6-1)38(40-34-17-9-3-10-18-34)42-36-25-21-30(22-26-36)29-31-23-27-37(28-24-31)43-39(33-15-7-2-8-16-33)41-35-19-11-4-12-20-35/h1-20,30-31,36-37H,21-29H2,(H,40,42)(H,41,43). The third-order valence-corrected chi connectivity index (χ3v) is 9.09. The molecule has 2 saturated carbocycles. The van der Waals surface area contributed by atoms with Crippen molar-refractivity contribution in [3.8, 4) is 0 Å². The minimum absolute atomic E-state index is 0.390. The van der Waals surface area contributed by atoms with Gasteiger partial charge in [0.05, 0.1) is 12.1 Å². The molecular weight excluding hydrogens is 524 g/mol. The van der Waals surface area contributed by atoms with Crippen molar-refractivity contribution in [3.63, 3.8) is 0 Å². The van der Waals surface area contributed by atoms with Crippen LogP contribution in [0.25, 0.3) is 0 Å². The van der Waals surface area contributed by atoms with Gasteiger partial charge in [-0.05, 0) is 93.9 Å². The number of aliphatic imine (C=N–C) groups is 2. The molecule has 2 fully saturated rings. The first-order chi connectivity index (χ1) is 21.3. The Balaban J connectivity index is 1.02. The summed E-state index contributed by atoms with van der Waals surface area (Å²) in [5.74, 6) is 3.65. The lowest BCUT2D eigenvalue weighted by Gasteiger charge is -2.33. The summed E-state index contributed by atoms with van der Waals surface area (Å²) in [7, 11) is 0. The predicted octanol–water partition coefficient (Wildman–Crippen LogP) is 9.61. The molecule has 2 aliphatic carbocycles. The van der Waals surface area contributed by atoms with E-state index in [2.05, 4.69) is 132 Å². The summed E-state index contributed by atoms with van der Waals surface area (Å²) < 4.78 is 0. The molecule has 0 aromatic heterocycles. The van der Waals surface area contributed by atoms with E-state index in [9.17, 15) is 0 Å². The topological polar surface area (TPSA) is 48.8 Å². The molecular formula is C39H44N4. The molecule has 4 aromatic rings. The fourth-order valence-corrected chi connectivity index (χ4v) is 6.72. The van der Waals surface area contributed by atoms with Crippen LogP contribution >= 0.6 is 0 Å². The summed E-state index contributed by atoms with van der Waals surface area (Å²) in [6.07, 6.45) is 11.3. The van der Waals surface area contributed by atoms with Gasteiger partial charge in [0.25, 0.3) is 0 Å². The maximum atomic E-state index is 5.26. The number of nitrogens with one attached hydrogen (secondary N) is 2. The van der Waals surface area contributed by atoms with Crippen LogP contribution in [0.3, 0.4) is 0 Å². The molecule has 2 N–H and O–H groups in total. The second kappa shape index (κ2) is 14.8. The Hall–Kier alpha value is -4.18. The van der Waals surface area contributed by atoms with E-state index in [0.717, 1.165) is 46.0 Å². The fourth-order valence-electron chi connectivity index (χ4n) is 6.72. The molecule has 4 nitrogen and oxygen atoms in total. The average molecular weight is 569 g/mol. The normalized spacial score (nSPS) is 23.0. The SMILES string of the molecule is c1ccc(NC(=NC2CCC(CC3CCC(N=C(Nc4ccccc4)c4ccccc4)CC3)CC2)c2ccccc2)cc1. The number of hydrogen-bond acceptors (Lipinski definition) is 2. The molecule has 2 aliphatic rings.